The van der Waals surface area contributed by atoms with Crippen LogP contribution in [0, 0.1) is 17.3 Å². The number of allylic oxidation sites excluding steroid dienone is 1. The van der Waals surface area contributed by atoms with Crippen LogP contribution < -0.4 is 21.1 Å². The standard InChI is InChI=1S/C52H68N4O5/c1-54-34-45(40-19-24-55-25-20-40)33-52(21-6-7-22-52)23-9-14-46(58)31-47(59)28-44(36-57)48-32-50(61-2)49(60)29-42(48)27-43-35-56-51(53)30-41(43)18-17-39-13-8-12-38(26-39)16-15-37-10-4-3-5-11-37/h3-5,8,10-13,26,28-30,32,35,40,45,54-55,57,60H,6-7,9,14-25,27,31,33-34,36H2,1-2H3,(H2,53,56). The van der Waals surface area contributed by atoms with Crippen LogP contribution in [-0.2, 0) is 41.7 Å². The molecule has 9 nitrogen and oxygen atoms in total. The van der Waals surface area contributed by atoms with E-state index in [1.807, 2.05) is 12.1 Å². The van der Waals surface area contributed by atoms with Crippen LogP contribution in [0.25, 0.3) is 5.57 Å². The molecule has 1 aromatic heterocycles. The highest BCUT2D eigenvalue weighted by molar-refractivity contribution is 6.07. The van der Waals surface area contributed by atoms with Gasteiger partial charge in [0.25, 0.3) is 0 Å². The number of pyridine rings is 1. The second kappa shape index (κ2) is 22.9. The molecule has 0 amide bonds. The van der Waals surface area contributed by atoms with E-state index in [0.29, 0.717) is 41.3 Å². The number of nitrogens with zero attached hydrogens (tertiary/aromatic N) is 1. The zero-order valence-electron chi connectivity index (χ0n) is 36.5. The highest BCUT2D eigenvalue weighted by Crippen LogP contribution is 2.48. The maximum absolute atomic E-state index is 13.5. The van der Waals surface area contributed by atoms with E-state index in [1.54, 1.807) is 18.3 Å². The Balaban J connectivity index is 1.11. The summed E-state index contributed by atoms with van der Waals surface area (Å²) in [6.07, 6.45) is 17.6. The minimum Gasteiger partial charge on any atom is -0.504 e. The Hall–Kier alpha value is -4.83. The van der Waals surface area contributed by atoms with Crippen LogP contribution in [0.5, 0.6) is 11.5 Å². The third-order valence-electron chi connectivity index (χ3n) is 13.4. The number of Topliss-reactive ketones (excluding diaryl/α,β-unsaturated/α-hetero) is 1. The van der Waals surface area contributed by atoms with E-state index in [9.17, 15) is 19.8 Å². The largest absolute Gasteiger partial charge is 0.504 e. The van der Waals surface area contributed by atoms with Crippen molar-refractivity contribution in [2.45, 2.75) is 103 Å². The molecule has 61 heavy (non-hydrogen) atoms. The number of ether oxygens (including phenoxy) is 1. The van der Waals surface area contributed by atoms with E-state index in [1.165, 1.54) is 74.8 Å². The molecule has 6 rings (SSSR count). The summed E-state index contributed by atoms with van der Waals surface area (Å²) in [7, 11) is 3.53. The molecular weight excluding hydrogens is 761 g/mol. The monoisotopic (exact) mass is 829 g/mol. The summed E-state index contributed by atoms with van der Waals surface area (Å²) >= 11 is 0. The lowest BCUT2D eigenvalue weighted by Gasteiger charge is -2.38. The summed E-state index contributed by atoms with van der Waals surface area (Å²) in [5, 5.41) is 28.6. The molecule has 2 heterocycles. The molecule has 1 aliphatic heterocycles. The predicted octanol–water partition coefficient (Wildman–Crippen LogP) is 8.40. The van der Waals surface area contributed by atoms with E-state index in [-0.39, 0.29) is 34.9 Å². The van der Waals surface area contributed by atoms with Gasteiger partial charge in [-0.1, -0.05) is 67.4 Å². The summed E-state index contributed by atoms with van der Waals surface area (Å²) in [5.74, 6) is 1.57. The van der Waals surface area contributed by atoms with Crippen molar-refractivity contribution in [3.05, 3.63) is 124 Å². The number of anilines is 1. The number of hydrogen-bond acceptors (Lipinski definition) is 9. The molecule has 0 spiro atoms. The summed E-state index contributed by atoms with van der Waals surface area (Å²) < 4.78 is 5.47. The zero-order valence-corrected chi connectivity index (χ0v) is 36.5. The highest BCUT2D eigenvalue weighted by Gasteiger charge is 2.38. The SMILES string of the molecule is CNCC(CC1(CCCC(=O)CC(=O)C=C(CO)c2cc(OC)c(O)cc2Cc2cnc(N)cc2CCc2cccc(CCc3ccccc3)c2)CCCC1)C1CCNCC1. The maximum Gasteiger partial charge on any atom is 0.163 e. The predicted molar refractivity (Wildman–Crippen MR) is 246 cm³/mol. The van der Waals surface area contributed by atoms with E-state index in [0.717, 1.165) is 75.2 Å². The number of phenols is 1. The van der Waals surface area contributed by atoms with Crippen molar-refractivity contribution in [2.24, 2.45) is 17.3 Å². The van der Waals surface area contributed by atoms with Gasteiger partial charge in [-0.2, -0.15) is 0 Å². The average molecular weight is 829 g/mol. The Morgan fingerprint density at radius 1 is 0.934 bits per heavy atom. The number of aliphatic hydroxyl groups is 1. The van der Waals surface area contributed by atoms with Gasteiger partial charge in [-0.15, -0.1) is 0 Å². The Labute approximate surface area is 363 Å². The third-order valence-corrected chi connectivity index (χ3v) is 13.4. The highest BCUT2D eigenvalue weighted by atomic mass is 16.5. The topological polar surface area (TPSA) is 147 Å². The average Bonchev–Trinajstić information content (AvgIpc) is 3.74. The molecule has 2 aliphatic rings. The molecule has 326 valence electrons. The van der Waals surface area contributed by atoms with Crippen LogP contribution in [0.4, 0.5) is 5.82 Å². The normalized spacial score (nSPS) is 16.1. The number of phenolic OH excluding ortho intramolecular Hbond substituents is 1. The molecule has 1 saturated heterocycles. The lowest BCUT2D eigenvalue weighted by Crippen LogP contribution is -2.37. The third kappa shape index (κ3) is 13.3. The second-order valence-corrected chi connectivity index (χ2v) is 17.7. The van der Waals surface area contributed by atoms with Crippen LogP contribution in [0.3, 0.4) is 0 Å². The van der Waals surface area contributed by atoms with Gasteiger partial charge in [0.2, 0.25) is 0 Å². The molecule has 1 unspecified atom stereocenters. The molecule has 4 aromatic rings. The smallest absolute Gasteiger partial charge is 0.163 e. The fraction of sp³-hybridized carbons (Fsp3) is 0.481. The molecule has 6 N–H and O–H groups in total. The summed E-state index contributed by atoms with van der Waals surface area (Å²) in [4.78, 5) is 31.2. The number of methoxy groups -OCH3 is 1. The van der Waals surface area contributed by atoms with Crippen molar-refractivity contribution in [2.75, 3.05) is 46.1 Å². The Morgan fingerprint density at radius 2 is 1.64 bits per heavy atom. The number of rotatable bonds is 23. The number of nitrogens with two attached hydrogens (primary N) is 1. The van der Waals surface area contributed by atoms with Gasteiger partial charge in [-0.05, 0) is 190 Å². The Morgan fingerprint density at radius 3 is 2.34 bits per heavy atom. The van der Waals surface area contributed by atoms with Gasteiger partial charge in [0.1, 0.15) is 11.6 Å². The van der Waals surface area contributed by atoms with Gasteiger partial charge in [0, 0.05) is 12.6 Å². The Bertz CT molecular complexity index is 2070. The number of aromatic hydroxyl groups is 1. The van der Waals surface area contributed by atoms with E-state index in [4.69, 9.17) is 10.5 Å². The number of aryl methyl sites for hydroxylation is 4. The minimum atomic E-state index is -0.429. The molecule has 1 atom stereocenters. The van der Waals surface area contributed by atoms with Crippen molar-refractivity contribution in [3.63, 3.8) is 0 Å². The number of hydrogen-bond donors (Lipinski definition) is 5. The first-order chi connectivity index (χ1) is 29.7. The van der Waals surface area contributed by atoms with Crippen LogP contribution in [0.1, 0.15) is 110 Å². The Kier molecular flexibility index (Phi) is 17.1. The first-order valence-corrected chi connectivity index (χ1v) is 22.6. The van der Waals surface area contributed by atoms with Crippen LogP contribution in [0.2, 0.25) is 0 Å². The van der Waals surface area contributed by atoms with Crippen molar-refractivity contribution in [3.8, 4) is 11.5 Å². The number of benzene rings is 3. The lowest BCUT2D eigenvalue weighted by molar-refractivity contribution is -0.124. The van der Waals surface area contributed by atoms with Gasteiger partial charge in [0.05, 0.1) is 20.1 Å². The quantitative estimate of drug-likeness (QED) is 0.0368. The van der Waals surface area contributed by atoms with Crippen LogP contribution in [0.15, 0.2) is 85.1 Å². The van der Waals surface area contributed by atoms with Crippen molar-refractivity contribution < 1.29 is 24.5 Å². The summed E-state index contributed by atoms with van der Waals surface area (Å²) in [6.45, 7) is 2.81. The molecule has 9 heteroatoms. The fourth-order valence-corrected chi connectivity index (χ4v) is 10.1. The second-order valence-electron chi connectivity index (χ2n) is 17.7. The van der Waals surface area contributed by atoms with Gasteiger partial charge < -0.3 is 31.3 Å². The molecule has 3 aromatic carbocycles. The first-order valence-electron chi connectivity index (χ1n) is 22.6. The number of piperidine rings is 1. The van der Waals surface area contributed by atoms with Gasteiger partial charge in [-0.3, -0.25) is 9.59 Å². The van der Waals surface area contributed by atoms with Gasteiger partial charge in [0.15, 0.2) is 17.3 Å². The van der Waals surface area contributed by atoms with E-state index >= 15 is 0 Å². The minimum absolute atomic E-state index is 0.0506. The number of aromatic nitrogens is 1. The van der Waals surface area contributed by atoms with Gasteiger partial charge >= 0.3 is 0 Å². The molecular formula is C52H68N4O5. The number of aliphatic hydroxyl groups excluding tert-OH is 1. The lowest BCUT2D eigenvalue weighted by atomic mass is 9.69. The molecule has 1 aliphatic carbocycles. The zero-order chi connectivity index (χ0) is 43.0. The molecule has 1 saturated carbocycles. The summed E-state index contributed by atoms with van der Waals surface area (Å²) in [5.41, 5.74) is 13.9. The maximum atomic E-state index is 13.5. The number of carbonyl (C=O) groups is 2. The van der Waals surface area contributed by atoms with E-state index in [2.05, 4.69) is 71.2 Å². The summed E-state index contributed by atoms with van der Waals surface area (Å²) in [6, 6.07) is 24.4. The van der Waals surface area contributed by atoms with Crippen molar-refractivity contribution >= 4 is 23.0 Å². The number of ketones is 2. The molecule has 0 radical (unpaired) electrons. The first kappa shape index (κ1) is 45.7. The fourth-order valence-electron chi connectivity index (χ4n) is 10.1. The number of carbonyl (C=O) groups excluding carboxylic acids is 2. The number of nitrogen functional groups attached to an aromatic ring is 1. The van der Waals surface area contributed by atoms with Crippen molar-refractivity contribution in [1.82, 2.24) is 15.6 Å². The van der Waals surface area contributed by atoms with Crippen molar-refractivity contribution in [1.29, 1.82) is 0 Å². The van der Waals surface area contributed by atoms with Gasteiger partial charge in [-0.25, -0.2) is 4.98 Å². The molecule has 0 bridgehead atoms. The number of nitrogens with one attached hydrogen (secondary N) is 2. The van der Waals surface area contributed by atoms with E-state index < -0.39 is 6.61 Å². The van der Waals surface area contributed by atoms with Crippen LogP contribution in [-0.4, -0.2) is 67.2 Å². The van der Waals surface area contributed by atoms with Crippen LogP contribution >= 0.6 is 0 Å². The molecule has 2 fully saturated rings.